The Balaban J connectivity index is 2.08. The Kier molecular flexibility index (Phi) is 6.83. The van der Waals surface area contributed by atoms with E-state index >= 15 is 0 Å². The number of nitro benzene ring substituents is 1. The topological polar surface area (TPSA) is 125 Å². The highest BCUT2D eigenvalue weighted by atomic mass is 32.2. The fourth-order valence-electron chi connectivity index (χ4n) is 2.39. The molecule has 0 bridgehead atoms. The maximum atomic E-state index is 12.2. The third kappa shape index (κ3) is 4.92. The number of esters is 1. The number of carbonyl (C=O) groups is 2. The molecule has 2 rings (SSSR count). The number of benzene rings is 2. The Morgan fingerprint density at radius 1 is 1.25 bits per heavy atom. The smallest absolute Gasteiger partial charge is 0.339 e. The zero-order chi connectivity index (χ0) is 20.8. The van der Waals surface area contributed by atoms with E-state index in [1.807, 2.05) is 0 Å². The lowest BCUT2D eigenvalue weighted by atomic mass is 10.1. The molecule has 10 heteroatoms. The van der Waals surface area contributed by atoms with Gasteiger partial charge in [-0.2, -0.15) is 0 Å². The van der Waals surface area contributed by atoms with E-state index in [0.29, 0.717) is 16.1 Å². The van der Waals surface area contributed by atoms with Crippen LogP contribution in [0.25, 0.3) is 0 Å². The van der Waals surface area contributed by atoms with Crippen molar-refractivity contribution in [3.8, 4) is 5.75 Å². The number of nitro groups is 1. The van der Waals surface area contributed by atoms with E-state index in [1.165, 1.54) is 31.6 Å². The van der Waals surface area contributed by atoms with Gasteiger partial charge in [-0.1, -0.05) is 12.1 Å². The zero-order valence-corrected chi connectivity index (χ0v) is 16.2. The summed E-state index contributed by atoms with van der Waals surface area (Å²) < 4.78 is 21.6. The molecule has 0 aliphatic carbocycles. The van der Waals surface area contributed by atoms with Gasteiger partial charge in [0.05, 0.1) is 33.3 Å². The van der Waals surface area contributed by atoms with Crippen LogP contribution in [-0.2, 0) is 20.3 Å². The van der Waals surface area contributed by atoms with E-state index in [4.69, 9.17) is 9.47 Å². The summed E-state index contributed by atoms with van der Waals surface area (Å²) in [5, 5.41) is 13.5. The number of amides is 1. The van der Waals surface area contributed by atoms with Crippen molar-refractivity contribution in [2.75, 3.05) is 25.3 Å². The average Bonchev–Trinajstić information content (AvgIpc) is 2.67. The molecule has 0 spiro atoms. The van der Waals surface area contributed by atoms with Crippen LogP contribution in [0.15, 0.2) is 41.3 Å². The summed E-state index contributed by atoms with van der Waals surface area (Å²) in [6.45, 7) is 1.00. The van der Waals surface area contributed by atoms with Crippen LogP contribution in [0.3, 0.4) is 0 Å². The number of nitrogens with one attached hydrogen (secondary N) is 1. The van der Waals surface area contributed by atoms with E-state index in [-0.39, 0.29) is 17.0 Å². The van der Waals surface area contributed by atoms with Gasteiger partial charge in [-0.15, -0.1) is 0 Å². The van der Waals surface area contributed by atoms with E-state index in [2.05, 4.69) is 5.32 Å². The maximum Gasteiger partial charge on any atom is 0.339 e. The fourth-order valence-corrected chi connectivity index (χ4v) is 3.13. The number of rotatable bonds is 7. The molecule has 1 amide bonds. The second-order valence-electron chi connectivity index (χ2n) is 5.67. The largest absolute Gasteiger partial charge is 0.490 e. The van der Waals surface area contributed by atoms with Gasteiger partial charge in [0, 0.05) is 24.1 Å². The molecule has 28 heavy (non-hydrogen) atoms. The molecule has 0 aromatic heterocycles. The van der Waals surface area contributed by atoms with Crippen molar-refractivity contribution < 1.29 is 28.2 Å². The van der Waals surface area contributed by atoms with E-state index < -0.39 is 34.2 Å². The van der Waals surface area contributed by atoms with Gasteiger partial charge in [-0.25, -0.2) is 4.79 Å². The molecule has 0 heterocycles. The molecule has 0 saturated carbocycles. The first-order valence-electron chi connectivity index (χ1n) is 7.97. The number of methoxy groups -OCH3 is 1. The molecule has 0 fully saturated rings. The van der Waals surface area contributed by atoms with Crippen LogP contribution in [0.2, 0.25) is 0 Å². The van der Waals surface area contributed by atoms with Gasteiger partial charge in [0.25, 0.3) is 5.91 Å². The van der Waals surface area contributed by atoms with Gasteiger partial charge in [0.1, 0.15) is 0 Å². The van der Waals surface area contributed by atoms with Gasteiger partial charge in [0.15, 0.2) is 12.4 Å². The van der Waals surface area contributed by atoms with Crippen LogP contribution < -0.4 is 10.1 Å². The first kappa shape index (κ1) is 21.0. The van der Waals surface area contributed by atoms with Crippen LogP contribution in [0, 0.1) is 17.0 Å². The summed E-state index contributed by atoms with van der Waals surface area (Å²) in [5.74, 6) is -1.43. The van der Waals surface area contributed by atoms with Crippen molar-refractivity contribution in [1.82, 2.24) is 0 Å². The number of hydrogen-bond acceptors (Lipinski definition) is 7. The van der Waals surface area contributed by atoms with Gasteiger partial charge in [-0.3, -0.25) is 19.1 Å². The van der Waals surface area contributed by atoms with Crippen molar-refractivity contribution in [3.05, 3.63) is 57.6 Å². The summed E-state index contributed by atoms with van der Waals surface area (Å²) in [6, 6.07) is 8.84. The molecule has 1 atom stereocenters. The molecular weight excluding hydrogens is 388 g/mol. The highest BCUT2D eigenvalue weighted by Crippen LogP contribution is 2.32. The minimum absolute atomic E-state index is 0.0118. The molecule has 2 aromatic rings. The molecule has 9 nitrogen and oxygen atoms in total. The molecule has 0 radical (unpaired) electrons. The molecule has 0 aliphatic rings. The van der Waals surface area contributed by atoms with Crippen LogP contribution >= 0.6 is 0 Å². The predicted molar refractivity (Wildman–Crippen MR) is 102 cm³/mol. The van der Waals surface area contributed by atoms with E-state index in [9.17, 15) is 23.9 Å². The van der Waals surface area contributed by atoms with Crippen LogP contribution in [0.1, 0.15) is 15.9 Å². The molecular formula is C18H18N2O7S. The number of ether oxygens (including phenoxy) is 2. The summed E-state index contributed by atoms with van der Waals surface area (Å²) >= 11 is 0. The summed E-state index contributed by atoms with van der Waals surface area (Å²) in [4.78, 5) is 35.0. The standard InChI is InChI=1S/C18H18N2O7S/c1-11-8-14(20(23)24)15(26-2)9-13(11)19-17(21)10-27-18(22)12-6-4-5-7-16(12)28(3)25/h4-9H,10H2,1-3H3,(H,19,21)/t28-/m1/s1. The molecule has 0 aliphatic heterocycles. The maximum absolute atomic E-state index is 12.2. The number of carbonyl (C=O) groups excluding carboxylic acids is 2. The normalized spacial score (nSPS) is 11.4. The molecule has 0 saturated heterocycles. The second-order valence-corrected chi connectivity index (χ2v) is 7.02. The van der Waals surface area contributed by atoms with Crippen molar-refractivity contribution in [3.63, 3.8) is 0 Å². The predicted octanol–water partition coefficient (Wildman–Crippen LogP) is 2.44. The number of nitrogens with zero attached hydrogens (tertiary/aromatic N) is 1. The molecule has 2 aromatic carbocycles. The van der Waals surface area contributed by atoms with E-state index in [0.717, 1.165) is 0 Å². The summed E-state index contributed by atoms with van der Waals surface area (Å²) in [7, 11) is -0.112. The third-order valence-corrected chi connectivity index (χ3v) is 4.72. The Labute approximate surface area is 163 Å². The van der Waals surface area contributed by atoms with Gasteiger partial charge in [-0.05, 0) is 24.6 Å². The minimum atomic E-state index is -1.39. The molecule has 148 valence electrons. The Bertz CT molecular complexity index is 959. The van der Waals surface area contributed by atoms with Gasteiger partial charge >= 0.3 is 11.7 Å². The summed E-state index contributed by atoms with van der Waals surface area (Å²) in [5.41, 5.74) is 0.621. The quantitative estimate of drug-likeness (QED) is 0.425. The number of anilines is 1. The Hall–Kier alpha value is -3.27. The molecule has 1 N–H and O–H groups in total. The Morgan fingerprint density at radius 2 is 1.93 bits per heavy atom. The van der Waals surface area contributed by atoms with Crippen molar-refractivity contribution in [2.24, 2.45) is 0 Å². The average molecular weight is 406 g/mol. The minimum Gasteiger partial charge on any atom is -0.490 e. The monoisotopic (exact) mass is 406 g/mol. The highest BCUT2D eigenvalue weighted by molar-refractivity contribution is 7.84. The molecule has 0 unspecified atom stereocenters. The SMILES string of the molecule is COc1cc(NC(=O)COC(=O)c2ccccc2[S@@](C)=O)c(C)cc1[N+](=O)[O-]. The van der Waals surface area contributed by atoms with E-state index in [1.54, 1.807) is 25.1 Å². The number of hydrogen-bond donors (Lipinski definition) is 1. The Morgan fingerprint density at radius 3 is 2.54 bits per heavy atom. The van der Waals surface area contributed by atoms with Crippen LogP contribution in [0.5, 0.6) is 5.75 Å². The van der Waals surface area contributed by atoms with Crippen molar-refractivity contribution in [1.29, 1.82) is 0 Å². The lowest BCUT2D eigenvalue weighted by Crippen LogP contribution is -2.22. The number of aryl methyl sites for hydroxylation is 1. The zero-order valence-electron chi connectivity index (χ0n) is 15.4. The third-order valence-electron chi connectivity index (χ3n) is 3.75. The fraction of sp³-hybridized carbons (Fsp3) is 0.222. The van der Waals surface area contributed by atoms with Gasteiger partial charge < -0.3 is 14.8 Å². The van der Waals surface area contributed by atoms with Crippen molar-refractivity contribution >= 4 is 34.1 Å². The highest BCUT2D eigenvalue weighted by Gasteiger charge is 2.19. The van der Waals surface area contributed by atoms with Crippen LogP contribution in [0.4, 0.5) is 11.4 Å². The van der Waals surface area contributed by atoms with Gasteiger partial charge in [0.2, 0.25) is 0 Å². The second kappa shape index (κ2) is 9.09. The first-order chi connectivity index (χ1) is 13.2. The lowest BCUT2D eigenvalue weighted by Gasteiger charge is -2.11. The first-order valence-corrected chi connectivity index (χ1v) is 9.52. The van der Waals surface area contributed by atoms with Crippen LogP contribution in [-0.4, -0.2) is 41.0 Å². The lowest BCUT2D eigenvalue weighted by molar-refractivity contribution is -0.385. The summed E-state index contributed by atoms with van der Waals surface area (Å²) in [6.07, 6.45) is 1.43. The van der Waals surface area contributed by atoms with Crippen molar-refractivity contribution in [2.45, 2.75) is 11.8 Å².